The molecule has 0 saturated carbocycles. The quantitative estimate of drug-likeness (QED) is 0.838. The van der Waals surface area contributed by atoms with Crippen LogP contribution in [-0.2, 0) is 0 Å². The number of H-pyrrole nitrogens is 1. The van der Waals surface area contributed by atoms with Crippen LogP contribution in [0.5, 0.6) is 0 Å². The van der Waals surface area contributed by atoms with Crippen LogP contribution in [0.1, 0.15) is 26.6 Å². The van der Waals surface area contributed by atoms with Crippen LogP contribution in [-0.4, -0.2) is 21.1 Å². The highest BCUT2D eigenvalue weighted by molar-refractivity contribution is 7.12. The van der Waals surface area contributed by atoms with Crippen LogP contribution in [0.15, 0.2) is 5.51 Å². The smallest absolute Gasteiger partial charge is 0.268 e. The van der Waals surface area contributed by atoms with E-state index in [1.165, 1.54) is 11.3 Å². The van der Waals surface area contributed by atoms with Gasteiger partial charge >= 0.3 is 0 Å². The van der Waals surface area contributed by atoms with Gasteiger partial charge in [-0.15, -0.1) is 11.3 Å². The summed E-state index contributed by atoms with van der Waals surface area (Å²) in [6.07, 6.45) is 0. The maximum atomic E-state index is 11.9. The summed E-state index contributed by atoms with van der Waals surface area (Å²) in [5.74, 6) is 0.421. The Hall–Kier alpha value is -1.69. The normalized spacial score (nSPS) is 10.4. The fraction of sp³-hybridized carbons (Fsp3) is 0.300. The summed E-state index contributed by atoms with van der Waals surface area (Å²) >= 11 is 1.33. The predicted molar refractivity (Wildman–Crippen MR) is 62.9 cm³/mol. The Morgan fingerprint density at radius 3 is 2.69 bits per heavy atom. The highest BCUT2D eigenvalue weighted by atomic mass is 32.1. The lowest BCUT2D eigenvalue weighted by atomic mass is 10.3. The number of aromatic nitrogens is 3. The molecule has 6 heteroatoms. The van der Waals surface area contributed by atoms with Gasteiger partial charge in [-0.2, -0.15) is 5.10 Å². The van der Waals surface area contributed by atoms with E-state index in [-0.39, 0.29) is 5.91 Å². The molecule has 0 saturated heterocycles. The number of aryl methyl sites for hydroxylation is 2. The van der Waals surface area contributed by atoms with E-state index >= 15 is 0 Å². The number of nitrogens with zero attached hydrogens (tertiary/aromatic N) is 2. The average molecular weight is 236 g/mol. The highest BCUT2D eigenvalue weighted by Gasteiger charge is 2.14. The standard InChI is InChI=1S/C10H12N4OS/c1-5-6(2)13-14-9(5)12-10(15)8-7(3)11-4-16-8/h4H,1-3H3,(H2,12,13,14,15). The van der Waals surface area contributed by atoms with Crippen molar-refractivity contribution in [2.24, 2.45) is 0 Å². The maximum absolute atomic E-state index is 11.9. The second-order valence-corrected chi connectivity index (χ2v) is 4.40. The minimum absolute atomic E-state index is 0.158. The van der Waals surface area contributed by atoms with Crippen LogP contribution < -0.4 is 5.32 Å². The molecule has 16 heavy (non-hydrogen) atoms. The summed E-state index contributed by atoms with van der Waals surface area (Å²) in [5, 5.41) is 9.61. The summed E-state index contributed by atoms with van der Waals surface area (Å²) < 4.78 is 0. The van der Waals surface area contributed by atoms with Crippen molar-refractivity contribution in [3.8, 4) is 0 Å². The third-order valence-corrected chi connectivity index (χ3v) is 3.36. The zero-order valence-electron chi connectivity index (χ0n) is 9.29. The van der Waals surface area contributed by atoms with Crippen molar-refractivity contribution in [2.45, 2.75) is 20.8 Å². The molecule has 0 unspecified atom stereocenters. The molecule has 84 valence electrons. The summed E-state index contributed by atoms with van der Waals surface area (Å²) in [6.45, 7) is 5.64. The summed E-state index contributed by atoms with van der Waals surface area (Å²) in [5.41, 5.74) is 4.31. The SMILES string of the molecule is Cc1ncsc1C(=O)Nc1n[nH]c(C)c1C. The van der Waals surface area contributed by atoms with E-state index < -0.39 is 0 Å². The van der Waals surface area contributed by atoms with Gasteiger partial charge in [-0.3, -0.25) is 9.89 Å². The van der Waals surface area contributed by atoms with Gasteiger partial charge in [0.15, 0.2) is 5.82 Å². The van der Waals surface area contributed by atoms with E-state index in [4.69, 9.17) is 0 Å². The minimum atomic E-state index is -0.158. The summed E-state index contributed by atoms with van der Waals surface area (Å²) in [7, 11) is 0. The third-order valence-electron chi connectivity index (χ3n) is 2.44. The van der Waals surface area contributed by atoms with Gasteiger partial charge in [0.05, 0.1) is 11.2 Å². The van der Waals surface area contributed by atoms with Crippen molar-refractivity contribution in [3.05, 3.63) is 27.3 Å². The molecule has 1 amide bonds. The first-order chi connectivity index (χ1) is 7.59. The topological polar surface area (TPSA) is 70.7 Å². The number of thiazole rings is 1. The zero-order valence-corrected chi connectivity index (χ0v) is 10.1. The Morgan fingerprint density at radius 1 is 1.44 bits per heavy atom. The van der Waals surface area contributed by atoms with Crippen molar-refractivity contribution in [3.63, 3.8) is 0 Å². The van der Waals surface area contributed by atoms with Gasteiger partial charge in [-0.05, 0) is 20.8 Å². The molecule has 0 aromatic carbocycles. The van der Waals surface area contributed by atoms with Crippen molar-refractivity contribution < 1.29 is 4.79 Å². The van der Waals surface area contributed by atoms with Crippen LogP contribution in [0.2, 0.25) is 0 Å². The lowest BCUT2D eigenvalue weighted by Gasteiger charge is -2.01. The summed E-state index contributed by atoms with van der Waals surface area (Å²) in [6, 6.07) is 0. The highest BCUT2D eigenvalue weighted by Crippen LogP contribution is 2.17. The van der Waals surface area contributed by atoms with Gasteiger partial charge in [0.1, 0.15) is 4.88 Å². The monoisotopic (exact) mass is 236 g/mol. The third kappa shape index (κ3) is 1.83. The van der Waals surface area contributed by atoms with E-state index in [9.17, 15) is 4.79 Å². The predicted octanol–water partition coefficient (Wildman–Crippen LogP) is 2.04. The van der Waals surface area contributed by atoms with Gasteiger partial charge in [0, 0.05) is 11.3 Å². The van der Waals surface area contributed by atoms with Crippen molar-refractivity contribution in [1.82, 2.24) is 15.2 Å². The van der Waals surface area contributed by atoms with E-state index in [2.05, 4.69) is 20.5 Å². The van der Waals surface area contributed by atoms with Gasteiger partial charge in [-0.1, -0.05) is 0 Å². The first kappa shape index (κ1) is 10.8. The second kappa shape index (κ2) is 4.05. The van der Waals surface area contributed by atoms with Crippen LogP contribution in [0.25, 0.3) is 0 Å². The van der Waals surface area contributed by atoms with Gasteiger partial charge in [-0.25, -0.2) is 4.98 Å². The maximum Gasteiger partial charge on any atom is 0.268 e. The number of aromatic amines is 1. The van der Waals surface area contributed by atoms with Crippen molar-refractivity contribution in [2.75, 3.05) is 5.32 Å². The van der Waals surface area contributed by atoms with E-state index in [0.29, 0.717) is 10.7 Å². The molecule has 0 atom stereocenters. The molecule has 0 bridgehead atoms. The summed E-state index contributed by atoms with van der Waals surface area (Å²) in [4.78, 5) is 16.5. The largest absolute Gasteiger partial charge is 0.304 e. The van der Waals surface area contributed by atoms with Crippen LogP contribution in [0.4, 0.5) is 5.82 Å². The molecule has 0 radical (unpaired) electrons. The molecule has 0 aliphatic carbocycles. The van der Waals surface area contributed by atoms with Gasteiger partial charge in [0.25, 0.3) is 5.91 Å². The molecule has 2 aromatic heterocycles. The molecule has 2 N–H and O–H groups in total. The number of rotatable bonds is 2. The molecule has 0 fully saturated rings. The lowest BCUT2D eigenvalue weighted by Crippen LogP contribution is -2.12. The van der Waals surface area contributed by atoms with Gasteiger partial charge < -0.3 is 5.32 Å². The van der Waals surface area contributed by atoms with Crippen LogP contribution in [0, 0.1) is 20.8 Å². The Morgan fingerprint density at radius 2 is 2.19 bits per heavy atom. The van der Waals surface area contributed by atoms with Gasteiger partial charge in [0.2, 0.25) is 0 Å². The van der Waals surface area contributed by atoms with Crippen molar-refractivity contribution >= 4 is 23.1 Å². The lowest BCUT2D eigenvalue weighted by molar-refractivity contribution is 0.102. The van der Waals surface area contributed by atoms with Crippen LogP contribution >= 0.6 is 11.3 Å². The van der Waals surface area contributed by atoms with E-state index in [0.717, 1.165) is 17.0 Å². The number of carbonyl (C=O) groups is 1. The molecule has 5 nitrogen and oxygen atoms in total. The van der Waals surface area contributed by atoms with E-state index in [1.54, 1.807) is 5.51 Å². The molecule has 0 aliphatic rings. The molecule has 0 spiro atoms. The molecule has 2 heterocycles. The molecule has 0 aliphatic heterocycles. The number of amides is 1. The molecule has 2 rings (SSSR count). The van der Waals surface area contributed by atoms with Crippen LogP contribution in [0.3, 0.4) is 0 Å². The average Bonchev–Trinajstić information content (AvgIpc) is 2.79. The van der Waals surface area contributed by atoms with Crippen molar-refractivity contribution in [1.29, 1.82) is 0 Å². The number of carbonyl (C=O) groups excluding carboxylic acids is 1. The molecular weight excluding hydrogens is 224 g/mol. The fourth-order valence-electron chi connectivity index (χ4n) is 1.29. The number of nitrogens with one attached hydrogen (secondary N) is 2. The zero-order chi connectivity index (χ0) is 11.7. The fourth-order valence-corrected chi connectivity index (χ4v) is 1.99. The first-order valence-corrected chi connectivity index (χ1v) is 5.70. The number of hydrogen-bond donors (Lipinski definition) is 2. The Labute approximate surface area is 96.9 Å². The Kier molecular flexibility index (Phi) is 2.74. The minimum Gasteiger partial charge on any atom is -0.304 e. The molecule has 2 aromatic rings. The number of hydrogen-bond acceptors (Lipinski definition) is 4. The second-order valence-electron chi connectivity index (χ2n) is 3.54. The van der Waals surface area contributed by atoms with E-state index in [1.807, 2.05) is 20.8 Å². The Bertz CT molecular complexity index is 529. The molecular formula is C10H12N4OS. The Balaban J connectivity index is 2.20. The number of anilines is 1. The first-order valence-electron chi connectivity index (χ1n) is 4.82.